The molecular formula is C17H16FNO2. The van der Waals surface area contributed by atoms with Gasteiger partial charge in [-0.2, -0.15) is 5.26 Å². The summed E-state index contributed by atoms with van der Waals surface area (Å²) in [5.41, 5.74) is 1.48. The molecule has 0 aliphatic rings. The van der Waals surface area contributed by atoms with Gasteiger partial charge in [0.2, 0.25) is 0 Å². The Labute approximate surface area is 123 Å². The van der Waals surface area contributed by atoms with Gasteiger partial charge in [0, 0.05) is 5.56 Å². The molecule has 2 rings (SSSR count). The fourth-order valence-electron chi connectivity index (χ4n) is 2.03. The normalized spacial score (nSPS) is 10.3. The molecule has 0 fully saturated rings. The third-order valence-corrected chi connectivity index (χ3v) is 2.96. The molecule has 2 aromatic rings. The van der Waals surface area contributed by atoms with Crippen LogP contribution in [0.4, 0.5) is 4.39 Å². The molecule has 4 heteroatoms. The van der Waals surface area contributed by atoms with Crippen molar-refractivity contribution in [2.24, 2.45) is 0 Å². The second-order valence-corrected chi connectivity index (χ2v) is 4.81. The Balaban J connectivity index is 2.53. The lowest BCUT2D eigenvalue weighted by Gasteiger charge is -2.13. The Kier molecular flexibility index (Phi) is 4.44. The maximum atomic E-state index is 14.3. The van der Waals surface area contributed by atoms with E-state index in [1.54, 1.807) is 36.4 Å². The molecule has 0 radical (unpaired) electrons. The highest BCUT2D eigenvalue weighted by Gasteiger charge is 2.13. The van der Waals surface area contributed by atoms with Crippen molar-refractivity contribution in [3.05, 3.63) is 47.8 Å². The number of nitriles is 1. The predicted octanol–water partition coefficient (Wildman–Crippen LogP) is 4.16. The minimum absolute atomic E-state index is 0.0671. The molecule has 2 aromatic carbocycles. The molecule has 0 saturated heterocycles. The van der Waals surface area contributed by atoms with E-state index < -0.39 is 5.82 Å². The van der Waals surface area contributed by atoms with Gasteiger partial charge in [-0.15, -0.1) is 0 Å². The van der Waals surface area contributed by atoms with E-state index in [4.69, 9.17) is 14.7 Å². The Hall–Kier alpha value is -2.54. The monoisotopic (exact) mass is 285 g/mol. The fourth-order valence-corrected chi connectivity index (χ4v) is 2.03. The minimum atomic E-state index is -0.430. The maximum Gasteiger partial charge on any atom is 0.172 e. The summed E-state index contributed by atoms with van der Waals surface area (Å²) in [5.74, 6) is 0.204. The van der Waals surface area contributed by atoms with Gasteiger partial charge in [-0.3, -0.25) is 0 Å². The van der Waals surface area contributed by atoms with E-state index in [0.29, 0.717) is 22.4 Å². The van der Waals surface area contributed by atoms with Crippen LogP contribution in [0.2, 0.25) is 0 Å². The molecule has 0 unspecified atom stereocenters. The smallest absolute Gasteiger partial charge is 0.172 e. The number of benzene rings is 2. The van der Waals surface area contributed by atoms with Crippen molar-refractivity contribution >= 4 is 0 Å². The van der Waals surface area contributed by atoms with Crippen molar-refractivity contribution in [2.45, 2.75) is 20.0 Å². The summed E-state index contributed by atoms with van der Waals surface area (Å²) < 4.78 is 24.9. The standard InChI is InChI=1S/C17H16FNO2/c1-11(2)21-16-9-12(7-8-13(16)10-19)14-5-4-6-15(20-3)17(14)18/h4-9,11H,1-3H3. The Morgan fingerprint density at radius 2 is 1.90 bits per heavy atom. The lowest BCUT2D eigenvalue weighted by atomic mass is 10.0. The number of halogens is 1. The van der Waals surface area contributed by atoms with Gasteiger partial charge < -0.3 is 9.47 Å². The summed E-state index contributed by atoms with van der Waals surface area (Å²) >= 11 is 0. The first-order chi connectivity index (χ1) is 10.1. The average molecular weight is 285 g/mol. The lowest BCUT2D eigenvalue weighted by Crippen LogP contribution is -2.07. The summed E-state index contributed by atoms with van der Waals surface area (Å²) in [6, 6.07) is 12.0. The van der Waals surface area contributed by atoms with Crippen molar-refractivity contribution in [1.29, 1.82) is 5.26 Å². The molecule has 0 spiro atoms. The van der Waals surface area contributed by atoms with Crippen LogP contribution in [0, 0.1) is 17.1 Å². The molecule has 108 valence electrons. The molecule has 21 heavy (non-hydrogen) atoms. The summed E-state index contributed by atoms with van der Waals surface area (Å²) in [7, 11) is 1.42. The van der Waals surface area contributed by atoms with Crippen LogP contribution in [0.1, 0.15) is 19.4 Å². The largest absolute Gasteiger partial charge is 0.494 e. The van der Waals surface area contributed by atoms with Gasteiger partial charge in [-0.05, 0) is 37.6 Å². The van der Waals surface area contributed by atoms with E-state index >= 15 is 0 Å². The lowest BCUT2D eigenvalue weighted by molar-refractivity contribution is 0.242. The van der Waals surface area contributed by atoms with Gasteiger partial charge in [0.05, 0.1) is 18.8 Å². The molecule has 0 amide bonds. The topological polar surface area (TPSA) is 42.2 Å². The third-order valence-electron chi connectivity index (χ3n) is 2.96. The van der Waals surface area contributed by atoms with Crippen molar-refractivity contribution in [3.63, 3.8) is 0 Å². The zero-order valence-corrected chi connectivity index (χ0v) is 12.2. The Bertz CT molecular complexity index is 690. The van der Waals surface area contributed by atoms with Gasteiger partial charge in [0.15, 0.2) is 11.6 Å². The Morgan fingerprint density at radius 1 is 1.14 bits per heavy atom. The van der Waals surface area contributed by atoms with Gasteiger partial charge in [0.1, 0.15) is 11.8 Å². The molecule has 0 saturated carbocycles. The van der Waals surface area contributed by atoms with E-state index in [9.17, 15) is 4.39 Å². The fraction of sp³-hybridized carbons (Fsp3) is 0.235. The number of hydrogen-bond acceptors (Lipinski definition) is 3. The summed E-state index contributed by atoms with van der Waals surface area (Å²) in [4.78, 5) is 0. The van der Waals surface area contributed by atoms with Crippen LogP contribution in [-0.4, -0.2) is 13.2 Å². The molecular weight excluding hydrogens is 269 g/mol. The predicted molar refractivity (Wildman–Crippen MR) is 78.9 cm³/mol. The maximum absolute atomic E-state index is 14.3. The van der Waals surface area contributed by atoms with Gasteiger partial charge >= 0.3 is 0 Å². The molecule has 0 heterocycles. The molecule has 0 aliphatic heterocycles. The quantitative estimate of drug-likeness (QED) is 0.847. The number of rotatable bonds is 4. The summed E-state index contributed by atoms with van der Waals surface area (Å²) in [6.07, 6.45) is -0.0671. The van der Waals surface area contributed by atoms with Crippen LogP contribution in [0.15, 0.2) is 36.4 Å². The van der Waals surface area contributed by atoms with E-state index in [1.165, 1.54) is 7.11 Å². The average Bonchev–Trinajstić information content (AvgIpc) is 2.47. The van der Waals surface area contributed by atoms with Crippen molar-refractivity contribution in [2.75, 3.05) is 7.11 Å². The van der Waals surface area contributed by atoms with Crippen LogP contribution in [0.5, 0.6) is 11.5 Å². The highest BCUT2D eigenvalue weighted by atomic mass is 19.1. The molecule has 0 aliphatic carbocycles. The second kappa shape index (κ2) is 6.27. The molecule has 0 N–H and O–H groups in total. The minimum Gasteiger partial charge on any atom is -0.494 e. The van der Waals surface area contributed by atoms with Gasteiger partial charge in [-0.25, -0.2) is 4.39 Å². The highest BCUT2D eigenvalue weighted by molar-refractivity contribution is 5.69. The van der Waals surface area contributed by atoms with Gasteiger partial charge in [-0.1, -0.05) is 18.2 Å². The van der Waals surface area contributed by atoms with Crippen molar-refractivity contribution in [3.8, 4) is 28.7 Å². The molecule has 0 atom stereocenters. The zero-order chi connectivity index (χ0) is 15.4. The van der Waals surface area contributed by atoms with Crippen molar-refractivity contribution in [1.82, 2.24) is 0 Å². The van der Waals surface area contributed by atoms with E-state index in [2.05, 4.69) is 6.07 Å². The van der Waals surface area contributed by atoms with Crippen LogP contribution in [0.25, 0.3) is 11.1 Å². The number of hydrogen-bond donors (Lipinski definition) is 0. The van der Waals surface area contributed by atoms with E-state index in [1.807, 2.05) is 13.8 Å². The summed E-state index contributed by atoms with van der Waals surface area (Å²) in [6.45, 7) is 3.75. The Morgan fingerprint density at radius 3 is 2.52 bits per heavy atom. The van der Waals surface area contributed by atoms with Crippen LogP contribution in [0.3, 0.4) is 0 Å². The zero-order valence-electron chi connectivity index (χ0n) is 12.2. The first-order valence-electron chi connectivity index (χ1n) is 6.60. The van der Waals surface area contributed by atoms with Gasteiger partial charge in [0.25, 0.3) is 0 Å². The van der Waals surface area contributed by atoms with E-state index in [0.717, 1.165) is 0 Å². The SMILES string of the molecule is COc1cccc(-c2ccc(C#N)c(OC(C)C)c2)c1F. The first-order valence-corrected chi connectivity index (χ1v) is 6.60. The number of ether oxygens (including phenoxy) is 2. The van der Waals surface area contributed by atoms with Crippen molar-refractivity contribution < 1.29 is 13.9 Å². The van der Waals surface area contributed by atoms with Crippen LogP contribution in [-0.2, 0) is 0 Å². The molecule has 3 nitrogen and oxygen atoms in total. The number of methoxy groups -OCH3 is 1. The van der Waals surface area contributed by atoms with Crippen LogP contribution >= 0.6 is 0 Å². The van der Waals surface area contributed by atoms with Crippen LogP contribution < -0.4 is 9.47 Å². The highest BCUT2D eigenvalue weighted by Crippen LogP contribution is 2.32. The second-order valence-electron chi connectivity index (χ2n) is 4.81. The third kappa shape index (κ3) is 3.14. The molecule has 0 bridgehead atoms. The van der Waals surface area contributed by atoms with E-state index in [-0.39, 0.29) is 11.9 Å². The molecule has 0 aromatic heterocycles. The number of nitrogens with zero attached hydrogens (tertiary/aromatic N) is 1. The first kappa shape index (κ1) is 14.9. The summed E-state index contributed by atoms with van der Waals surface area (Å²) in [5, 5.41) is 9.11.